The van der Waals surface area contributed by atoms with Crippen LogP contribution in [0, 0.1) is 12.3 Å². The highest BCUT2D eigenvalue weighted by Crippen LogP contribution is 2.18. The van der Waals surface area contributed by atoms with Crippen molar-refractivity contribution < 1.29 is 5.11 Å². The van der Waals surface area contributed by atoms with Gasteiger partial charge in [0, 0.05) is 29.9 Å². The number of likely N-dealkylation sites (N-methyl/N-ethyl adjacent to an activating group) is 1. The molecule has 1 heterocycles. The predicted octanol–water partition coefficient (Wildman–Crippen LogP) is 2.34. The summed E-state index contributed by atoms with van der Waals surface area (Å²) in [6.45, 7) is 1.68. The molecule has 0 amide bonds. The summed E-state index contributed by atoms with van der Waals surface area (Å²) in [6, 6.07) is 7.28. The van der Waals surface area contributed by atoms with Crippen molar-refractivity contribution in [1.82, 2.24) is 14.7 Å². The Morgan fingerprint density at radius 2 is 2.33 bits per heavy atom. The fraction of sp³-hybridized carbons (Fsp3) is 0.312. The number of aromatic nitrogens is 2. The maximum atomic E-state index is 10.2. The van der Waals surface area contributed by atoms with Gasteiger partial charge in [-0.15, -0.1) is 6.42 Å². The molecule has 2 rings (SSSR count). The lowest BCUT2D eigenvalue weighted by Gasteiger charge is -2.20. The Labute approximate surface area is 130 Å². The summed E-state index contributed by atoms with van der Waals surface area (Å²) >= 11 is 5.94. The summed E-state index contributed by atoms with van der Waals surface area (Å²) in [7, 11) is 1.95. The molecule has 0 saturated carbocycles. The van der Waals surface area contributed by atoms with E-state index in [0.717, 1.165) is 11.1 Å². The molecule has 1 aromatic heterocycles. The molecule has 21 heavy (non-hydrogen) atoms. The number of hydrogen-bond acceptors (Lipinski definition) is 3. The summed E-state index contributed by atoms with van der Waals surface area (Å²) in [5.41, 5.74) is 1.88. The van der Waals surface area contributed by atoms with Gasteiger partial charge in [-0.25, -0.2) is 0 Å². The van der Waals surface area contributed by atoms with Crippen molar-refractivity contribution in [3.8, 4) is 12.3 Å². The molecule has 2 aromatic rings. The van der Waals surface area contributed by atoms with E-state index in [1.807, 2.05) is 30.3 Å². The van der Waals surface area contributed by atoms with E-state index in [0.29, 0.717) is 24.7 Å². The molecule has 4 nitrogen and oxygen atoms in total. The normalized spacial score (nSPS) is 12.3. The highest BCUT2D eigenvalue weighted by atomic mass is 35.5. The third kappa shape index (κ3) is 4.61. The van der Waals surface area contributed by atoms with Crippen molar-refractivity contribution in [1.29, 1.82) is 0 Å². The first-order chi connectivity index (χ1) is 10.1. The number of terminal acetylenes is 1. The molecular formula is C16H18ClN3O. The van der Waals surface area contributed by atoms with Gasteiger partial charge in [0.2, 0.25) is 0 Å². The first kappa shape index (κ1) is 15.6. The largest absolute Gasteiger partial charge is 0.387 e. The van der Waals surface area contributed by atoms with E-state index in [2.05, 4.69) is 11.0 Å². The Balaban J connectivity index is 1.91. The minimum atomic E-state index is -0.575. The Kier molecular flexibility index (Phi) is 5.40. The van der Waals surface area contributed by atoms with E-state index in [1.165, 1.54) is 0 Å². The second-order valence-corrected chi connectivity index (χ2v) is 5.45. The van der Waals surface area contributed by atoms with Crippen molar-refractivity contribution in [3.63, 3.8) is 0 Å². The zero-order chi connectivity index (χ0) is 15.2. The molecule has 0 aliphatic rings. The van der Waals surface area contributed by atoms with Crippen LogP contribution in [0.15, 0.2) is 36.7 Å². The van der Waals surface area contributed by atoms with Crippen LogP contribution in [-0.4, -0.2) is 33.4 Å². The van der Waals surface area contributed by atoms with Crippen molar-refractivity contribution >= 4 is 11.6 Å². The van der Waals surface area contributed by atoms with Crippen LogP contribution in [0.2, 0.25) is 5.02 Å². The maximum absolute atomic E-state index is 10.2. The summed E-state index contributed by atoms with van der Waals surface area (Å²) in [5, 5.41) is 15.0. The second-order valence-electron chi connectivity index (χ2n) is 5.02. The summed E-state index contributed by atoms with van der Waals surface area (Å²) < 4.78 is 1.72. The number of benzene rings is 1. The lowest BCUT2D eigenvalue weighted by Crippen LogP contribution is -2.24. The molecule has 0 radical (unpaired) electrons. The van der Waals surface area contributed by atoms with E-state index in [9.17, 15) is 5.11 Å². The molecular weight excluding hydrogens is 286 g/mol. The number of aliphatic hydroxyl groups is 1. The van der Waals surface area contributed by atoms with Gasteiger partial charge in [-0.05, 0) is 24.7 Å². The van der Waals surface area contributed by atoms with Crippen LogP contribution in [0.25, 0.3) is 0 Å². The van der Waals surface area contributed by atoms with Crippen LogP contribution >= 0.6 is 11.6 Å². The van der Waals surface area contributed by atoms with E-state index < -0.39 is 6.10 Å². The monoisotopic (exact) mass is 303 g/mol. The highest BCUT2D eigenvalue weighted by Gasteiger charge is 2.12. The van der Waals surface area contributed by atoms with Gasteiger partial charge in [-0.1, -0.05) is 29.7 Å². The molecule has 1 atom stereocenters. The molecule has 0 fully saturated rings. The van der Waals surface area contributed by atoms with Crippen LogP contribution in [0.4, 0.5) is 0 Å². The minimum absolute atomic E-state index is 0.467. The van der Waals surface area contributed by atoms with Crippen LogP contribution in [-0.2, 0) is 13.1 Å². The Hall–Kier alpha value is -1.80. The first-order valence-corrected chi connectivity index (χ1v) is 7.03. The van der Waals surface area contributed by atoms with Gasteiger partial charge in [0.05, 0.1) is 12.3 Å². The molecule has 0 bridgehead atoms. The lowest BCUT2D eigenvalue weighted by atomic mass is 10.1. The van der Waals surface area contributed by atoms with Crippen molar-refractivity contribution in [2.45, 2.75) is 19.2 Å². The third-order valence-electron chi connectivity index (χ3n) is 3.11. The molecule has 0 aliphatic carbocycles. The van der Waals surface area contributed by atoms with Gasteiger partial charge >= 0.3 is 0 Å². The van der Waals surface area contributed by atoms with Crippen molar-refractivity contribution in [3.05, 3.63) is 52.8 Å². The van der Waals surface area contributed by atoms with Gasteiger partial charge in [0.15, 0.2) is 0 Å². The minimum Gasteiger partial charge on any atom is -0.387 e. The van der Waals surface area contributed by atoms with Crippen LogP contribution in [0.1, 0.15) is 17.2 Å². The third-order valence-corrected chi connectivity index (χ3v) is 3.35. The second kappa shape index (κ2) is 7.28. The van der Waals surface area contributed by atoms with Gasteiger partial charge in [-0.3, -0.25) is 9.58 Å². The number of halogens is 1. The number of rotatable bonds is 6. The summed E-state index contributed by atoms with van der Waals surface area (Å²) in [6.07, 6.45) is 8.38. The number of aliphatic hydroxyl groups excluding tert-OH is 1. The summed E-state index contributed by atoms with van der Waals surface area (Å²) in [4.78, 5) is 2.03. The van der Waals surface area contributed by atoms with E-state index in [-0.39, 0.29) is 0 Å². The van der Waals surface area contributed by atoms with Gasteiger partial charge < -0.3 is 5.11 Å². The lowest BCUT2D eigenvalue weighted by molar-refractivity contribution is 0.124. The molecule has 5 heteroatoms. The maximum Gasteiger partial charge on any atom is 0.101 e. The first-order valence-electron chi connectivity index (χ1n) is 6.65. The summed E-state index contributed by atoms with van der Waals surface area (Å²) in [5.74, 6) is 2.54. The fourth-order valence-electron chi connectivity index (χ4n) is 2.16. The van der Waals surface area contributed by atoms with Crippen LogP contribution in [0.3, 0.4) is 0 Å². The van der Waals surface area contributed by atoms with Crippen molar-refractivity contribution in [2.75, 3.05) is 13.6 Å². The van der Waals surface area contributed by atoms with Gasteiger partial charge in [-0.2, -0.15) is 5.10 Å². The predicted molar refractivity (Wildman–Crippen MR) is 83.8 cm³/mol. The Morgan fingerprint density at radius 3 is 3.05 bits per heavy atom. The molecule has 1 unspecified atom stereocenters. The molecule has 1 N–H and O–H groups in total. The van der Waals surface area contributed by atoms with Gasteiger partial charge in [0.25, 0.3) is 0 Å². The fourth-order valence-corrected chi connectivity index (χ4v) is 2.36. The highest BCUT2D eigenvalue weighted by molar-refractivity contribution is 6.30. The number of hydrogen-bond donors (Lipinski definition) is 1. The zero-order valence-corrected chi connectivity index (χ0v) is 12.7. The van der Waals surface area contributed by atoms with E-state index in [4.69, 9.17) is 18.0 Å². The standard InChI is InChI=1S/C16H18ClN3O/c1-3-7-20-11-13(9-18-20)10-19(2)12-16(21)14-5-4-6-15(17)8-14/h1,4-6,8-9,11,16,21H,7,10,12H2,2H3. The van der Waals surface area contributed by atoms with Crippen LogP contribution < -0.4 is 0 Å². The van der Waals surface area contributed by atoms with Crippen molar-refractivity contribution in [2.24, 2.45) is 0 Å². The SMILES string of the molecule is C#CCn1cc(CN(C)CC(O)c2cccc(Cl)c2)cn1. The topological polar surface area (TPSA) is 41.3 Å². The number of nitrogens with zero attached hydrogens (tertiary/aromatic N) is 3. The molecule has 0 saturated heterocycles. The van der Waals surface area contributed by atoms with Gasteiger partial charge in [0.1, 0.15) is 6.54 Å². The molecule has 0 aliphatic heterocycles. The molecule has 1 aromatic carbocycles. The van der Waals surface area contributed by atoms with Crippen LogP contribution in [0.5, 0.6) is 0 Å². The Bertz CT molecular complexity index is 632. The average molecular weight is 304 g/mol. The average Bonchev–Trinajstić information content (AvgIpc) is 2.86. The quantitative estimate of drug-likeness (QED) is 0.833. The molecule has 0 spiro atoms. The zero-order valence-electron chi connectivity index (χ0n) is 11.9. The Morgan fingerprint density at radius 1 is 1.52 bits per heavy atom. The van der Waals surface area contributed by atoms with E-state index >= 15 is 0 Å². The smallest absolute Gasteiger partial charge is 0.101 e. The van der Waals surface area contributed by atoms with E-state index in [1.54, 1.807) is 23.0 Å². The molecule has 110 valence electrons.